The van der Waals surface area contributed by atoms with Crippen LogP contribution in [0.5, 0.6) is 0 Å². The maximum absolute atomic E-state index is 15.2. The Morgan fingerprint density at radius 2 is 2.06 bits per heavy atom. The zero-order valence-electron chi connectivity index (χ0n) is 11.7. The van der Waals surface area contributed by atoms with Crippen molar-refractivity contribution in [2.75, 3.05) is 0 Å². The first-order valence-corrected chi connectivity index (χ1v) is 9.01. The molecule has 0 N–H and O–H groups in total. The third-order valence-electron chi connectivity index (χ3n) is 3.80. The van der Waals surface area contributed by atoms with Gasteiger partial charge in [-0.05, 0) is 0 Å². The Labute approximate surface area is 155 Å². The van der Waals surface area contributed by atoms with Gasteiger partial charge in [0, 0.05) is 0 Å². The minimum absolute atomic E-state index is 0.00282. The van der Waals surface area contributed by atoms with Crippen LogP contribution in [0, 0.1) is 6.92 Å². The Kier molecular flexibility index (Phi) is 4.43. The third kappa shape index (κ3) is 2.19. The van der Waals surface area contributed by atoms with Crippen LogP contribution < -0.4 is 0 Å². The van der Waals surface area contributed by atoms with Gasteiger partial charge in [0.2, 0.25) is 0 Å². The predicted octanol–water partition coefficient (Wildman–Crippen LogP) is 2.99. The summed E-state index contributed by atoms with van der Waals surface area (Å²) in [6.45, 7) is 9.76. The molecule has 0 bridgehead atoms. The summed E-state index contributed by atoms with van der Waals surface area (Å²) in [6.07, 6.45) is 0. The quantitative estimate of drug-likeness (QED) is 0.320. The first-order valence-electron chi connectivity index (χ1n) is 6.20. The SMILES string of the molecule is Cc1noc2c1[C](C)([K])C(I)N(C(C)C)C2(C)F. The van der Waals surface area contributed by atoms with E-state index >= 15 is 4.39 Å². The van der Waals surface area contributed by atoms with E-state index in [-0.39, 0.29) is 9.60 Å². The van der Waals surface area contributed by atoms with Gasteiger partial charge in [0.05, 0.1) is 0 Å². The van der Waals surface area contributed by atoms with E-state index in [2.05, 4.69) is 34.7 Å². The fraction of sp³-hybridized carbons (Fsp3) is 0.750. The van der Waals surface area contributed by atoms with Crippen molar-refractivity contribution >= 4 is 71.5 Å². The second kappa shape index (κ2) is 5.03. The first kappa shape index (κ1) is 15.8. The Morgan fingerprint density at radius 1 is 1.50 bits per heavy atom. The van der Waals surface area contributed by atoms with Gasteiger partial charge in [-0.3, -0.25) is 0 Å². The molecule has 1 aliphatic rings. The van der Waals surface area contributed by atoms with E-state index in [1.807, 2.05) is 25.7 Å². The number of aromatic nitrogens is 1. The number of alkyl halides is 2. The van der Waals surface area contributed by atoms with E-state index in [0.717, 1.165) is 11.3 Å². The summed E-state index contributed by atoms with van der Waals surface area (Å²) in [7, 11) is 0. The molecule has 0 radical (unpaired) electrons. The van der Waals surface area contributed by atoms with Crippen LogP contribution in [0.15, 0.2) is 4.52 Å². The first-order chi connectivity index (χ1) is 8.11. The maximum atomic E-state index is 15.2. The molecule has 0 spiro atoms. The van der Waals surface area contributed by atoms with Gasteiger partial charge in [-0.1, -0.05) is 0 Å². The molecular formula is C12H17FIKN2O. The molecule has 18 heavy (non-hydrogen) atoms. The van der Waals surface area contributed by atoms with Gasteiger partial charge in [0.1, 0.15) is 0 Å². The molecule has 2 rings (SSSR count). The number of nitrogens with zero attached hydrogens (tertiary/aromatic N) is 2. The molecule has 1 aliphatic heterocycles. The van der Waals surface area contributed by atoms with Gasteiger partial charge >= 0.3 is 158 Å². The molecule has 3 atom stereocenters. The Balaban J connectivity index is 2.70. The van der Waals surface area contributed by atoms with Gasteiger partial charge in [-0.15, -0.1) is 0 Å². The van der Waals surface area contributed by atoms with Gasteiger partial charge in [0.15, 0.2) is 0 Å². The van der Waals surface area contributed by atoms with Crippen molar-refractivity contribution in [2.45, 2.75) is 50.0 Å². The molecule has 1 aromatic rings. The molecular weight excluding hydrogens is 373 g/mol. The van der Waals surface area contributed by atoms with Crippen LogP contribution in [-0.2, 0) is 5.30 Å². The van der Waals surface area contributed by atoms with Crippen molar-refractivity contribution in [3.8, 4) is 0 Å². The molecule has 0 fully saturated rings. The summed E-state index contributed by atoms with van der Waals surface area (Å²) >= 11 is 2.89. The van der Waals surface area contributed by atoms with Gasteiger partial charge in [-0.25, -0.2) is 0 Å². The standard InChI is InChI=1S/C12H17FIN2O.K/c1-6(2)16-11(14)7(3)9-8(4)15-17-10(9)12(16,5)13;/h6,11H,1-5H3;. The molecule has 3 unspecified atom stereocenters. The van der Waals surface area contributed by atoms with Crippen LogP contribution in [-0.4, -0.2) is 69.1 Å². The van der Waals surface area contributed by atoms with Crippen LogP contribution in [0.25, 0.3) is 0 Å². The van der Waals surface area contributed by atoms with Gasteiger partial charge in [-0.2, -0.15) is 0 Å². The van der Waals surface area contributed by atoms with Crippen molar-refractivity contribution in [2.24, 2.45) is 0 Å². The van der Waals surface area contributed by atoms with E-state index in [4.69, 9.17) is 4.52 Å². The Hall–Kier alpha value is 1.47. The normalized spacial score (nSPS) is 37.1. The van der Waals surface area contributed by atoms with Crippen molar-refractivity contribution in [1.29, 1.82) is 0 Å². The summed E-state index contributed by atoms with van der Waals surface area (Å²) in [4.78, 5) is 1.91. The second-order valence-electron chi connectivity index (χ2n) is 5.98. The number of hydrogen-bond acceptors (Lipinski definition) is 3. The van der Waals surface area contributed by atoms with Crippen LogP contribution >= 0.6 is 22.6 Å². The minimum atomic E-state index is -1.58. The molecule has 0 saturated carbocycles. The number of aryl methyl sites for hydroxylation is 1. The molecule has 96 valence electrons. The molecule has 0 aliphatic carbocycles. The zero-order chi connectivity index (χ0) is 13.9. The summed E-state index contributed by atoms with van der Waals surface area (Å²) in [6, 6.07) is 0.127. The summed E-state index contributed by atoms with van der Waals surface area (Å²) < 4.78 is 20.7. The summed E-state index contributed by atoms with van der Waals surface area (Å²) in [5, 5.41) is 4.00. The second-order valence-corrected chi connectivity index (χ2v) is 10.4. The van der Waals surface area contributed by atoms with Crippen molar-refractivity contribution < 1.29 is 8.91 Å². The zero-order valence-corrected chi connectivity index (χ0v) is 17.0. The van der Waals surface area contributed by atoms with Crippen molar-refractivity contribution in [3.05, 3.63) is 17.0 Å². The average molecular weight is 390 g/mol. The van der Waals surface area contributed by atoms with Crippen LogP contribution in [0.1, 0.15) is 44.7 Å². The van der Waals surface area contributed by atoms with E-state index in [1.54, 1.807) is 6.92 Å². The number of rotatable bonds is 1. The topological polar surface area (TPSA) is 29.3 Å². The summed E-state index contributed by atoms with van der Waals surface area (Å²) in [5.41, 5.74) is 1.85. The molecule has 0 amide bonds. The van der Waals surface area contributed by atoms with Crippen LogP contribution in [0.2, 0.25) is 0 Å². The molecule has 6 heteroatoms. The monoisotopic (exact) mass is 390 g/mol. The van der Waals surface area contributed by atoms with Crippen LogP contribution in [0.3, 0.4) is 0 Å². The molecule has 0 saturated heterocycles. The molecule has 0 aromatic carbocycles. The number of fused-ring (bicyclic) bond motifs is 1. The number of hydrogen-bond donors (Lipinski definition) is 0. The predicted molar refractivity (Wildman–Crippen MR) is 77.6 cm³/mol. The summed E-state index contributed by atoms with van der Waals surface area (Å²) in [5.74, 6) is -1.16. The Bertz CT molecular complexity index is 473. The van der Waals surface area contributed by atoms with Crippen molar-refractivity contribution in [1.82, 2.24) is 10.1 Å². The molecule has 2 heterocycles. The molecule has 1 aromatic heterocycles. The van der Waals surface area contributed by atoms with E-state index in [1.165, 1.54) is 0 Å². The number of halogens is 2. The van der Waals surface area contributed by atoms with E-state index in [9.17, 15) is 0 Å². The van der Waals surface area contributed by atoms with E-state index in [0.29, 0.717) is 54.7 Å². The third-order valence-corrected chi connectivity index (χ3v) is 9.43. The van der Waals surface area contributed by atoms with Gasteiger partial charge < -0.3 is 0 Å². The van der Waals surface area contributed by atoms with Gasteiger partial charge in [0.25, 0.3) is 0 Å². The molecule has 3 nitrogen and oxygen atoms in total. The average Bonchev–Trinajstić information content (AvgIpc) is 2.58. The van der Waals surface area contributed by atoms with Crippen molar-refractivity contribution in [3.63, 3.8) is 0 Å². The van der Waals surface area contributed by atoms with E-state index < -0.39 is 5.79 Å². The fourth-order valence-electron chi connectivity index (χ4n) is 2.98. The van der Waals surface area contributed by atoms with Crippen LogP contribution in [0.4, 0.5) is 4.39 Å². The Morgan fingerprint density at radius 3 is 2.56 bits per heavy atom. The fourth-order valence-corrected chi connectivity index (χ4v) is 5.82.